The lowest BCUT2D eigenvalue weighted by Crippen LogP contribution is -2.39. The molecule has 0 spiro atoms. The summed E-state index contributed by atoms with van der Waals surface area (Å²) in [6.07, 6.45) is 8.78. The maximum absolute atomic E-state index is 12.6. The van der Waals surface area contributed by atoms with E-state index >= 15 is 0 Å². The fourth-order valence-corrected chi connectivity index (χ4v) is 3.64. The smallest absolute Gasteiger partial charge is 0.255 e. The Morgan fingerprint density at radius 1 is 1.03 bits per heavy atom. The van der Waals surface area contributed by atoms with Crippen molar-refractivity contribution in [3.8, 4) is 0 Å². The van der Waals surface area contributed by atoms with Crippen LogP contribution in [0.4, 0.5) is 5.69 Å². The van der Waals surface area contributed by atoms with Crippen LogP contribution in [-0.2, 0) is 11.3 Å². The molecule has 4 rings (SSSR count). The van der Waals surface area contributed by atoms with Crippen LogP contribution < -0.4 is 5.32 Å². The fraction of sp³-hybridized carbons (Fsp3) is 0.273. The standard InChI is InChI=1S/C22H23N5O2/c28-21(26-12-8-18(9-13-26)17-6-10-23-11-7-17)16-27-15-20(14-24-27)25-22(29)19-4-2-1-3-5-19/h1-7,10-11,14-15,18H,8-9,12-13,16H2,(H,25,29). The van der Waals surface area contributed by atoms with Gasteiger partial charge in [-0.1, -0.05) is 18.2 Å². The van der Waals surface area contributed by atoms with E-state index < -0.39 is 0 Å². The Balaban J connectivity index is 1.29. The van der Waals surface area contributed by atoms with Crippen molar-refractivity contribution in [2.75, 3.05) is 18.4 Å². The third-order valence-corrected chi connectivity index (χ3v) is 5.25. The summed E-state index contributed by atoms with van der Waals surface area (Å²) < 4.78 is 1.57. The van der Waals surface area contributed by atoms with Gasteiger partial charge in [0.05, 0.1) is 11.9 Å². The molecule has 0 aliphatic carbocycles. The Kier molecular flexibility index (Phi) is 5.65. The number of nitrogens with zero attached hydrogens (tertiary/aromatic N) is 4. The van der Waals surface area contributed by atoms with E-state index in [1.807, 2.05) is 35.5 Å². The highest BCUT2D eigenvalue weighted by atomic mass is 16.2. The number of hydrogen-bond donors (Lipinski definition) is 1. The first kappa shape index (κ1) is 18.9. The van der Waals surface area contributed by atoms with Gasteiger partial charge in [-0.25, -0.2) is 0 Å². The number of piperidine rings is 1. The van der Waals surface area contributed by atoms with Gasteiger partial charge in [0.1, 0.15) is 6.54 Å². The lowest BCUT2D eigenvalue weighted by molar-refractivity contribution is -0.133. The highest BCUT2D eigenvalue weighted by Gasteiger charge is 2.24. The molecule has 1 fully saturated rings. The van der Waals surface area contributed by atoms with Gasteiger partial charge in [0.2, 0.25) is 5.91 Å². The third-order valence-electron chi connectivity index (χ3n) is 5.25. The Morgan fingerprint density at radius 3 is 2.48 bits per heavy atom. The van der Waals surface area contributed by atoms with Gasteiger partial charge >= 0.3 is 0 Å². The minimum atomic E-state index is -0.199. The van der Waals surface area contributed by atoms with Crippen LogP contribution in [0.1, 0.15) is 34.7 Å². The van der Waals surface area contributed by atoms with Crippen molar-refractivity contribution in [2.45, 2.75) is 25.3 Å². The average Bonchev–Trinajstić information content (AvgIpc) is 3.21. The molecule has 3 heterocycles. The van der Waals surface area contributed by atoms with Crippen LogP contribution in [0.3, 0.4) is 0 Å². The van der Waals surface area contributed by atoms with Gasteiger partial charge in [0, 0.05) is 37.2 Å². The van der Waals surface area contributed by atoms with Gasteiger partial charge in [0.15, 0.2) is 0 Å². The number of amides is 2. The predicted octanol–water partition coefficient (Wildman–Crippen LogP) is 2.94. The van der Waals surface area contributed by atoms with Crippen LogP contribution in [0.25, 0.3) is 0 Å². The number of hydrogen-bond acceptors (Lipinski definition) is 4. The molecule has 0 bridgehead atoms. The van der Waals surface area contributed by atoms with Crippen molar-refractivity contribution in [1.82, 2.24) is 19.7 Å². The molecule has 148 valence electrons. The third kappa shape index (κ3) is 4.68. The van der Waals surface area contributed by atoms with Gasteiger partial charge in [-0.15, -0.1) is 0 Å². The van der Waals surface area contributed by atoms with Crippen LogP contribution in [0.5, 0.6) is 0 Å². The van der Waals surface area contributed by atoms with Gasteiger partial charge < -0.3 is 10.2 Å². The number of aromatic nitrogens is 3. The Bertz CT molecular complexity index is 963. The van der Waals surface area contributed by atoms with E-state index in [-0.39, 0.29) is 18.4 Å². The van der Waals surface area contributed by atoms with Gasteiger partial charge in [-0.2, -0.15) is 5.10 Å². The van der Waals surface area contributed by atoms with E-state index in [0.717, 1.165) is 25.9 Å². The van der Waals surface area contributed by atoms with Crippen molar-refractivity contribution in [2.24, 2.45) is 0 Å². The van der Waals surface area contributed by atoms with Crippen LogP contribution in [-0.4, -0.2) is 44.6 Å². The lowest BCUT2D eigenvalue weighted by Gasteiger charge is -2.32. The molecule has 0 saturated carbocycles. The molecule has 2 aromatic heterocycles. The minimum Gasteiger partial charge on any atom is -0.341 e. The van der Waals surface area contributed by atoms with Crippen molar-refractivity contribution >= 4 is 17.5 Å². The number of likely N-dealkylation sites (tertiary alicyclic amines) is 1. The van der Waals surface area contributed by atoms with E-state index in [1.165, 1.54) is 5.56 Å². The normalized spacial score (nSPS) is 14.6. The molecule has 1 saturated heterocycles. The second-order valence-corrected chi connectivity index (χ2v) is 7.18. The summed E-state index contributed by atoms with van der Waals surface area (Å²) in [5, 5.41) is 7.01. The minimum absolute atomic E-state index is 0.0437. The topological polar surface area (TPSA) is 80.1 Å². The van der Waals surface area contributed by atoms with Crippen LogP contribution >= 0.6 is 0 Å². The molecule has 1 aliphatic rings. The second-order valence-electron chi connectivity index (χ2n) is 7.18. The molecule has 0 radical (unpaired) electrons. The summed E-state index contributed by atoms with van der Waals surface area (Å²) in [7, 11) is 0. The number of pyridine rings is 1. The molecular weight excluding hydrogens is 366 g/mol. The summed E-state index contributed by atoms with van der Waals surface area (Å²) >= 11 is 0. The van der Waals surface area contributed by atoms with Crippen LogP contribution in [0, 0.1) is 0 Å². The first-order valence-corrected chi connectivity index (χ1v) is 9.75. The molecule has 3 aromatic rings. The number of anilines is 1. The summed E-state index contributed by atoms with van der Waals surface area (Å²) in [4.78, 5) is 30.8. The summed E-state index contributed by atoms with van der Waals surface area (Å²) in [5.74, 6) is 0.323. The van der Waals surface area contributed by atoms with Gasteiger partial charge in [-0.05, 0) is 48.6 Å². The Hall–Kier alpha value is -3.48. The SMILES string of the molecule is O=C(Nc1cnn(CC(=O)N2CCC(c3ccncc3)CC2)c1)c1ccccc1. The molecule has 1 aliphatic heterocycles. The van der Waals surface area contributed by atoms with Crippen molar-refractivity contribution in [3.63, 3.8) is 0 Å². The van der Waals surface area contributed by atoms with Gasteiger partial charge in [0.25, 0.3) is 5.91 Å². The predicted molar refractivity (Wildman–Crippen MR) is 109 cm³/mol. The molecule has 7 heteroatoms. The van der Waals surface area contributed by atoms with E-state index in [1.54, 1.807) is 29.2 Å². The zero-order valence-corrected chi connectivity index (χ0v) is 16.1. The summed E-state index contributed by atoms with van der Waals surface area (Å²) in [6.45, 7) is 1.65. The quantitative estimate of drug-likeness (QED) is 0.728. The first-order chi connectivity index (χ1) is 14.2. The number of carbonyl (C=O) groups excluding carboxylic acids is 2. The molecule has 1 aromatic carbocycles. The number of nitrogens with one attached hydrogen (secondary N) is 1. The van der Waals surface area contributed by atoms with E-state index in [0.29, 0.717) is 17.2 Å². The maximum atomic E-state index is 12.6. The van der Waals surface area contributed by atoms with E-state index in [9.17, 15) is 9.59 Å². The molecule has 2 amide bonds. The molecule has 0 unspecified atom stereocenters. The number of rotatable bonds is 5. The first-order valence-electron chi connectivity index (χ1n) is 9.75. The molecule has 1 N–H and O–H groups in total. The van der Waals surface area contributed by atoms with Crippen molar-refractivity contribution in [3.05, 3.63) is 78.4 Å². The van der Waals surface area contributed by atoms with Crippen LogP contribution in [0.15, 0.2) is 67.3 Å². The Labute approximate surface area is 169 Å². The summed E-state index contributed by atoms with van der Waals surface area (Å²) in [5.41, 5.74) is 2.44. The largest absolute Gasteiger partial charge is 0.341 e. The van der Waals surface area contributed by atoms with Crippen molar-refractivity contribution < 1.29 is 9.59 Å². The highest BCUT2D eigenvalue weighted by Crippen LogP contribution is 2.27. The zero-order chi connectivity index (χ0) is 20.1. The lowest BCUT2D eigenvalue weighted by atomic mass is 9.90. The Morgan fingerprint density at radius 2 is 1.76 bits per heavy atom. The van der Waals surface area contributed by atoms with Crippen molar-refractivity contribution in [1.29, 1.82) is 0 Å². The van der Waals surface area contributed by atoms with Crippen LogP contribution in [0.2, 0.25) is 0 Å². The summed E-state index contributed by atoms with van der Waals surface area (Å²) in [6, 6.07) is 13.1. The molecule has 7 nitrogen and oxygen atoms in total. The van der Waals surface area contributed by atoms with E-state index in [4.69, 9.17) is 0 Å². The van der Waals surface area contributed by atoms with Gasteiger partial charge in [-0.3, -0.25) is 19.3 Å². The number of benzene rings is 1. The highest BCUT2D eigenvalue weighted by molar-refractivity contribution is 6.04. The average molecular weight is 389 g/mol. The monoisotopic (exact) mass is 389 g/mol. The van der Waals surface area contributed by atoms with E-state index in [2.05, 4.69) is 27.5 Å². The molecular formula is C22H23N5O2. The molecule has 29 heavy (non-hydrogen) atoms. The number of carbonyl (C=O) groups is 2. The zero-order valence-electron chi connectivity index (χ0n) is 16.1. The second kappa shape index (κ2) is 8.68. The maximum Gasteiger partial charge on any atom is 0.255 e. The molecule has 0 atom stereocenters. The fourth-order valence-electron chi connectivity index (χ4n) is 3.64.